The number of urea groups is 1. The minimum absolute atomic E-state index is 0.153. The highest BCUT2D eigenvalue weighted by atomic mass is 16.5. The molecule has 2 amide bonds. The lowest BCUT2D eigenvalue weighted by molar-refractivity contribution is 0.247. The van der Waals surface area contributed by atoms with Crippen molar-refractivity contribution < 1.29 is 9.53 Å². The van der Waals surface area contributed by atoms with E-state index >= 15 is 0 Å². The Hall–Kier alpha value is -1.71. The van der Waals surface area contributed by atoms with Gasteiger partial charge in [0.1, 0.15) is 5.75 Å². The van der Waals surface area contributed by atoms with Gasteiger partial charge in [-0.1, -0.05) is 26.0 Å². The number of para-hydroxylation sites is 2. The number of rotatable bonds is 4. The van der Waals surface area contributed by atoms with Crippen molar-refractivity contribution in [1.82, 2.24) is 5.32 Å². The maximum absolute atomic E-state index is 12.1. The van der Waals surface area contributed by atoms with Crippen LogP contribution in [0.15, 0.2) is 24.3 Å². The highest BCUT2D eigenvalue weighted by Crippen LogP contribution is 2.36. The third-order valence-corrected chi connectivity index (χ3v) is 3.74. The average Bonchev–Trinajstić information content (AvgIpc) is 2.71. The second-order valence-corrected chi connectivity index (χ2v) is 6.13. The number of hydrogen-bond donors (Lipinski definition) is 2. The highest BCUT2D eigenvalue weighted by molar-refractivity contribution is 5.91. The summed E-state index contributed by atoms with van der Waals surface area (Å²) in [5, 5.41) is 5.92. The lowest BCUT2D eigenvalue weighted by Crippen LogP contribution is -2.36. The third kappa shape index (κ3) is 3.89. The van der Waals surface area contributed by atoms with Crippen molar-refractivity contribution in [2.24, 2.45) is 5.41 Å². The van der Waals surface area contributed by atoms with Crippen LogP contribution in [0, 0.1) is 5.41 Å². The van der Waals surface area contributed by atoms with Gasteiger partial charge in [-0.15, -0.1) is 0 Å². The van der Waals surface area contributed by atoms with Gasteiger partial charge in [0, 0.05) is 6.04 Å². The van der Waals surface area contributed by atoms with Gasteiger partial charge in [0.2, 0.25) is 0 Å². The molecule has 1 aliphatic carbocycles. The molecular weight excluding hydrogens is 252 g/mol. The minimum atomic E-state index is -0.153. The summed E-state index contributed by atoms with van der Waals surface area (Å²) in [4.78, 5) is 12.1. The van der Waals surface area contributed by atoms with Crippen molar-refractivity contribution in [2.45, 2.75) is 46.1 Å². The van der Waals surface area contributed by atoms with Crippen molar-refractivity contribution in [3.8, 4) is 5.75 Å². The fourth-order valence-corrected chi connectivity index (χ4v) is 2.75. The van der Waals surface area contributed by atoms with Crippen LogP contribution in [0.2, 0.25) is 0 Å². The van der Waals surface area contributed by atoms with Crippen LogP contribution >= 0.6 is 0 Å². The molecule has 2 rings (SSSR count). The van der Waals surface area contributed by atoms with E-state index in [9.17, 15) is 4.79 Å². The van der Waals surface area contributed by atoms with Gasteiger partial charge in [-0.25, -0.2) is 4.79 Å². The summed E-state index contributed by atoms with van der Waals surface area (Å²) in [5.41, 5.74) is 1.05. The highest BCUT2D eigenvalue weighted by Gasteiger charge is 2.31. The summed E-state index contributed by atoms with van der Waals surface area (Å²) < 4.78 is 5.50. The first-order valence-electron chi connectivity index (χ1n) is 7.29. The van der Waals surface area contributed by atoms with E-state index in [-0.39, 0.29) is 12.1 Å². The van der Waals surface area contributed by atoms with Crippen molar-refractivity contribution in [2.75, 3.05) is 11.9 Å². The number of carbonyl (C=O) groups excluding carboxylic acids is 1. The minimum Gasteiger partial charge on any atom is -0.492 e. The molecule has 4 heteroatoms. The van der Waals surface area contributed by atoms with E-state index in [0.717, 1.165) is 19.3 Å². The summed E-state index contributed by atoms with van der Waals surface area (Å²) in [7, 11) is 0. The molecule has 1 aromatic rings. The Morgan fingerprint density at radius 3 is 2.80 bits per heavy atom. The van der Waals surface area contributed by atoms with E-state index in [4.69, 9.17) is 4.74 Å². The Morgan fingerprint density at radius 2 is 2.15 bits per heavy atom. The summed E-state index contributed by atoms with van der Waals surface area (Å²) in [6.45, 7) is 7.00. The number of anilines is 1. The predicted octanol–water partition coefficient (Wildman–Crippen LogP) is 3.79. The summed E-state index contributed by atoms with van der Waals surface area (Å²) in [6, 6.07) is 7.61. The SMILES string of the molecule is CCOc1ccccc1NC(=O)NC1CCC(C)(C)C1. The first kappa shape index (κ1) is 14.7. The smallest absolute Gasteiger partial charge is 0.319 e. The Balaban J connectivity index is 1.92. The first-order valence-corrected chi connectivity index (χ1v) is 7.29. The molecule has 0 saturated heterocycles. The normalized spacial score (nSPS) is 20.4. The van der Waals surface area contributed by atoms with Gasteiger partial charge in [-0.2, -0.15) is 0 Å². The second-order valence-electron chi connectivity index (χ2n) is 6.13. The molecule has 4 nitrogen and oxygen atoms in total. The van der Waals surface area contributed by atoms with Gasteiger partial charge < -0.3 is 15.4 Å². The maximum Gasteiger partial charge on any atom is 0.319 e. The van der Waals surface area contributed by atoms with Crippen LogP contribution in [0.3, 0.4) is 0 Å². The molecule has 0 radical (unpaired) electrons. The molecule has 110 valence electrons. The van der Waals surface area contributed by atoms with Crippen molar-refractivity contribution in [3.63, 3.8) is 0 Å². The zero-order valence-corrected chi connectivity index (χ0v) is 12.5. The van der Waals surface area contributed by atoms with E-state index in [2.05, 4.69) is 24.5 Å². The summed E-state index contributed by atoms with van der Waals surface area (Å²) in [6.07, 6.45) is 3.24. The lowest BCUT2D eigenvalue weighted by atomic mass is 9.92. The zero-order valence-electron chi connectivity index (χ0n) is 12.5. The molecule has 1 aliphatic rings. The molecule has 1 fully saturated rings. The van der Waals surface area contributed by atoms with Crippen molar-refractivity contribution in [1.29, 1.82) is 0 Å². The summed E-state index contributed by atoms with van der Waals surface area (Å²) in [5.74, 6) is 0.705. The van der Waals surface area contributed by atoms with Crippen LogP contribution in [0.25, 0.3) is 0 Å². The number of carbonyl (C=O) groups is 1. The van der Waals surface area contributed by atoms with Gasteiger partial charge in [-0.05, 0) is 43.7 Å². The monoisotopic (exact) mass is 276 g/mol. The van der Waals surface area contributed by atoms with Crippen LogP contribution < -0.4 is 15.4 Å². The van der Waals surface area contributed by atoms with E-state index in [1.54, 1.807) is 0 Å². The molecule has 0 heterocycles. The molecule has 1 unspecified atom stereocenters. The van der Waals surface area contributed by atoms with E-state index in [0.29, 0.717) is 23.5 Å². The second kappa shape index (κ2) is 6.16. The largest absolute Gasteiger partial charge is 0.492 e. The van der Waals surface area contributed by atoms with Crippen LogP contribution in [0.1, 0.15) is 40.0 Å². The quantitative estimate of drug-likeness (QED) is 0.879. The topological polar surface area (TPSA) is 50.4 Å². The predicted molar refractivity (Wildman–Crippen MR) is 81.2 cm³/mol. The molecule has 0 bridgehead atoms. The number of amides is 2. The number of hydrogen-bond acceptors (Lipinski definition) is 2. The first-order chi connectivity index (χ1) is 9.50. The van der Waals surface area contributed by atoms with E-state index in [1.165, 1.54) is 0 Å². The maximum atomic E-state index is 12.1. The zero-order chi connectivity index (χ0) is 14.6. The Bertz CT molecular complexity index is 471. The molecule has 0 aliphatic heterocycles. The van der Waals surface area contributed by atoms with Gasteiger partial charge in [-0.3, -0.25) is 0 Å². The third-order valence-electron chi connectivity index (χ3n) is 3.74. The van der Waals surface area contributed by atoms with Crippen LogP contribution in [-0.4, -0.2) is 18.7 Å². The number of nitrogens with one attached hydrogen (secondary N) is 2. The molecule has 2 N–H and O–H groups in total. The van der Waals surface area contributed by atoms with Gasteiger partial charge in [0.15, 0.2) is 0 Å². The lowest BCUT2D eigenvalue weighted by Gasteiger charge is -2.18. The van der Waals surface area contributed by atoms with E-state index < -0.39 is 0 Å². The van der Waals surface area contributed by atoms with E-state index in [1.807, 2.05) is 31.2 Å². The Morgan fingerprint density at radius 1 is 1.40 bits per heavy atom. The molecule has 20 heavy (non-hydrogen) atoms. The van der Waals surface area contributed by atoms with Gasteiger partial charge in [0.05, 0.1) is 12.3 Å². The fourth-order valence-electron chi connectivity index (χ4n) is 2.75. The van der Waals surface area contributed by atoms with Gasteiger partial charge >= 0.3 is 6.03 Å². The van der Waals surface area contributed by atoms with Crippen LogP contribution in [0.4, 0.5) is 10.5 Å². The molecule has 1 aromatic carbocycles. The van der Waals surface area contributed by atoms with Crippen molar-refractivity contribution >= 4 is 11.7 Å². The summed E-state index contributed by atoms with van der Waals surface area (Å²) >= 11 is 0. The molecule has 1 saturated carbocycles. The van der Waals surface area contributed by atoms with Gasteiger partial charge in [0.25, 0.3) is 0 Å². The van der Waals surface area contributed by atoms with Crippen molar-refractivity contribution in [3.05, 3.63) is 24.3 Å². The Kier molecular flexibility index (Phi) is 4.53. The molecular formula is C16H24N2O2. The number of benzene rings is 1. The molecule has 0 spiro atoms. The van der Waals surface area contributed by atoms with Crippen LogP contribution in [-0.2, 0) is 0 Å². The molecule has 0 aromatic heterocycles. The van der Waals surface area contributed by atoms with Crippen LogP contribution in [0.5, 0.6) is 5.75 Å². The molecule has 1 atom stereocenters. The number of ether oxygens (including phenoxy) is 1. The fraction of sp³-hybridized carbons (Fsp3) is 0.562. The standard InChI is InChI=1S/C16H24N2O2/c1-4-20-14-8-6-5-7-13(14)18-15(19)17-12-9-10-16(2,3)11-12/h5-8,12H,4,9-11H2,1-3H3,(H2,17,18,19). The Labute approximate surface area is 120 Å². The average molecular weight is 276 g/mol.